The molecule has 2 saturated heterocycles. The molecule has 2 aliphatic heterocycles. The zero-order valence-electron chi connectivity index (χ0n) is 9.20. The largest absolute Gasteiger partial charge is 0.468 e. The van der Waals surface area contributed by atoms with Crippen LogP contribution in [-0.2, 0) is 6.54 Å². The predicted molar refractivity (Wildman–Crippen MR) is 58.6 cm³/mol. The van der Waals surface area contributed by atoms with Gasteiger partial charge in [-0.05, 0) is 43.5 Å². The second-order valence-corrected chi connectivity index (χ2v) is 4.90. The van der Waals surface area contributed by atoms with Gasteiger partial charge in [0.25, 0.3) is 0 Å². The van der Waals surface area contributed by atoms with Crippen LogP contribution >= 0.6 is 0 Å². The normalized spacial score (nSPS) is 31.0. The molecule has 0 spiro atoms. The van der Waals surface area contributed by atoms with Gasteiger partial charge in [0.05, 0.1) is 12.8 Å². The molecule has 0 bridgehead atoms. The number of likely N-dealkylation sites (tertiary alicyclic amines) is 1. The van der Waals surface area contributed by atoms with Crippen molar-refractivity contribution in [1.82, 2.24) is 10.2 Å². The molecule has 0 radical (unpaired) electrons. The van der Waals surface area contributed by atoms with Crippen molar-refractivity contribution in [2.45, 2.75) is 13.5 Å². The summed E-state index contributed by atoms with van der Waals surface area (Å²) in [4.78, 5) is 2.53. The summed E-state index contributed by atoms with van der Waals surface area (Å²) >= 11 is 0. The molecule has 0 aromatic carbocycles. The van der Waals surface area contributed by atoms with Crippen LogP contribution in [0.15, 0.2) is 16.7 Å². The summed E-state index contributed by atoms with van der Waals surface area (Å²) < 4.78 is 5.49. The summed E-state index contributed by atoms with van der Waals surface area (Å²) in [7, 11) is 0. The van der Waals surface area contributed by atoms with E-state index in [1.165, 1.54) is 31.7 Å². The Kier molecular flexibility index (Phi) is 2.29. The Morgan fingerprint density at radius 3 is 2.73 bits per heavy atom. The molecular formula is C12H18N2O. The molecule has 2 fully saturated rings. The highest BCUT2D eigenvalue weighted by molar-refractivity contribution is 5.14. The van der Waals surface area contributed by atoms with E-state index in [-0.39, 0.29) is 0 Å². The number of aryl methyl sites for hydroxylation is 1. The average molecular weight is 206 g/mol. The average Bonchev–Trinajstić information content (AvgIpc) is 2.83. The molecule has 3 nitrogen and oxygen atoms in total. The standard InChI is InChI=1S/C12H18N2O/c1-9-2-3-15-12(9)8-14-6-10-4-13-5-11(10)7-14/h2-3,10-11,13H,4-8H2,1H3. The molecule has 15 heavy (non-hydrogen) atoms. The minimum Gasteiger partial charge on any atom is -0.468 e. The van der Waals surface area contributed by atoms with Gasteiger partial charge < -0.3 is 9.73 Å². The van der Waals surface area contributed by atoms with Gasteiger partial charge in [-0.15, -0.1) is 0 Å². The maximum Gasteiger partial charge on any atom is 0.120 e. The number of hydrogen-bond acceptors (Lipinski definition) is 3. The summed E-state index contributed by atoms with van der Waals surface area (Å²) in [6.45, 7) is 8.00. The van der Waals surface area contributed by atoms with Crippen LogP contribution in [0, 0.1) is 18.8 Å². The van der Waals surface area contributed by atoms with Gasteiger partial charge >= 0.3 is 0 Å². The highest BCUT2D eigenvalue weighted by atomic mass is 16.3. The van der Waals surface area contributed by atoms with Crippen LogP contribution in [0.25, 0.3) is 0 Å². The van der Waals surface area contributed by atoms with Gasteiger partial charge in [-0.1, -0.05) is 0 Å². The van der Waals surface area contributed by atoms with Crippen molar-refractivity contribution in [3.05, 3.63) is 23.7 Å². The molecule has 3 heterocycles. The van der Waals surface area contributed by atoms with Gasteiger partial charge in [-0.25, -0.2) is 0 Å². The third-order valence-corrected chi connectivity index (χ3v) is 3.80. The molecule has 1 aromatic heterocycles. The van der Waals surface area contributed by atoms with Crippen molar-refractivity contribution in [3.8, 4) is 0 Å². The Labute approximate surface area is 90.4 Å². The van der Waals surface area contributed by atoms with Crippen LogP contribution < -0.4 is 5.32 Å². The first kappa shape index (κ1) is 9.43. The first-order chi connectivity index (χ1) is 7.33. The van der Waals surface area contributed by atoms with Crippen LogP contribution in [0.1, 0.15) is 11.3 Å². The van der Waals surface area contributed by atoms with Gasteiger partial charge in [0.1, 0.15) is 5.76 Å². The molecule has 2 atom stereocenters. The lowest BCUT2D eigenvalue weighted by Crippen LogP contribution is -2.25. The molecule has 0 saturated carbocycles. The van der Waals surface area contributed by atoms with E-state index in [9.17, 15) is 0 Å². The van der Waals surface area contributed by atoms with E-state index in [0.717, 1.165) is 24.1 Å². The van der Waals surface area contributed by atoms with Crippen molar-refractivity contribution in [3.63, 3.8) is 0 Å². The van der Waals surface area contributed by atoms with E-state index >= 15 is 0 Å². The molecule has 2 aliphatic rings. The van der Waals surface area contributed by atoms with Crippen LogP contribution in [-0.4, -0.2) is 31.1 Å². The summed E-state index contributed by atoms with van der Waals surface area (Å²) in [6, 6.07) is 2.05. The third kappa shape index (κ3) is 1.70. The smallest absolute Gasteiger partial charge is 0.120 e. The minimum absolute atomic E-state index is 0.875. The van der Waals surface area contributed by atoms with Gasteiger partial charge in [-0.2, -0.15) is 0 Å². The summed E-state index contributed by atoms with van der Waals surface area (Å²) in [6.07, 6.45) is 1.79. The zero-order chi connectivity index (χ0) is 10.3. The summed E-state index contributed by atoms with van der Waals surface area (Å²) in [5, 5.41) is 3.46. The fourth-order valence-corrected chi connectivity index (χ4v) is 2.85. The Morgan fingerprint density at radius 1 is 1.40 bits per heavy atom. The topological polar surface area (TPSA) is 28.4 Å². The molecule has 0 amide bonds. The molecule has 1 N–H and O–H groups in total. The van der Waals surface area contributed by atoms with E-state index < -0.39 is 0 Å². The lowest BCUT2D eigenvalue weighted by molar-refractivity contribution is 0.277. The van der Waals surface area contributed by atoms with Crippen molar-refractivity contribution in [1.29, 1.82) is 0 Å². The molecule has 0 aliphatic carbocycles. The van der Waals surface area contributed by atoms with E-state index in [1.807, 2.05) is 6.07 Å². The van der Waals surface area contributed by atoms with Crippen molar-refractivity contribution >= 4 is 0 Å². The van der Waals surface area contributed by atoms with Crippen LogP contribution in [0.3, 0.4) is 0 Å². The fraction of sp³-hybridized carbons (Fsp3) is 0.667. The number of fused-ring (bicyclic) bond motifs is 1. The Bertz CT molecular complexity index is 335. The minimum atomic E-state index is 0.875. The highest BCUT2D eigenvalue weighted by Gasteiger charge is 2.36. The second-order valence-electron chi connectivity index (χ2n) is 4.90. The number of nitrogens with one attached hydrogen (secondary N) is 1. The first-order valence-corrected chi connectivity index (χ1v) is 5.79. The van der Waals surface area contributed by atoms with Crippen molar-refractivity contribution in [2.24, 2.45) is 11.8 Å². The van der Waals surface area contributed by atoms with E-state index in [4.69, 9.17) is 4.42 Å². The van der Waals surface area contributed by atoms with E-state index in [1.54, 1.807) is 6.26 Å². The Hall–Kier alpha value is -0.800. The summed E-state index contributed by atoms with van der Waals surface area (Å²) in [5.41, 5.74) is 1.28. The van der Waals surface area contributed by atoms with Gasteiger partial charge in [-0.3, -0.25) is 4.90 Å². The van der Waals surface area contributed by atoms with Crippen LogP contribution in [0.4, 0.5) is 0 Å². The zero-order valence-corrected chi connectivity index (χ0v) is 9.20. The van der Waals surface area contributed by atoms with Gasteiger partial charge in [0.2, 0.25) is 0 Å². The van der Waals surface area contributed by atoms with Crippen LogP contribution in [0.5, 0.6) is 0 Å². The molecule has 2 unspecified atom stereocenters. The maximum absolute atomic E-state index is 5.49. The second kappa shape index (κ2) is 3.65. The first-order valence-electron chi connectivity index (χ1n) is 5.79. The number of hydrogen-bond donors (Lipinski definition) is 1. The van der Waals surface area contributed by atoms with E-state index in [0.29, 0.717) is 0 Å². The molecule has 1 aromatic rings. The fourth-order valence-electron chi connectivity index (χ4n) is 2.85. The van der Waals surface area contributed by atoms with Gasteiger partial charge in [0.15, 0.2) is 0 Å². The number of nitrogens with zero attached hydrogens (tertiary/aromatic N) is 1. The van der Waals surface area contributed by atoms with Crippen molar-refractivity contribution < 1.29 is 4.42 Å². The summed E-state index contributed by atoms with van der Waals surface area (Å²) in [5.74, 6) is 2.89. The van der Waals surface area contributed by atoms with Crippen LogP contribution in [0.2, 0.25) is 0 Å². The SMILES string of the molecule is Cc1ccoc1CN1CC2CNCC2C1. The monoisotopic (exact) mass is 206 g/mol. The molecule has 82 valence electrons. The molecule has 3 heteroatoms. The predicted octanol–water partition coefficient (Wildman–Crippen LogP) is 1.24. The van der Waals surface area contributed by atoms with Gasteiger partial charge in [0, 0.05) is 13.1 Å². The maximum atomic E-state index is 5.49. The highest BCUT2D eigenvalue weighted by Crippen LogP contribution is 2.27. The Balaban J connectivity index is 1.64. The quantitative estimate of drug-likeness (QED) is 0.789. The van der Waals surface area contributed by atoms with E-state index in [2.05, 4.69) is 17.1 Å². The third-order valence-electron chi connectivity index (χ3n) is 3.80. The molecular weight excluding hydrogens is 188 g/mol. The lowest BCUT2D eigenvalue weighted by atomic mass is 10.0. The van der Waals surface area contributed by atoms with Crippen molar-refractivity contribution in [2.75, 3.05) is 26.2 Å². The number of rotatable bonds is 2. The molecule has 3 rings (SSSR count). The lowest BCUT2D eigenvalue weighted by Gasteiger charge is -2.15. The number of furan rings is 1. The Morgan fingerprint density at radius 2 is 2.13 bits per heavy atom.